The monoisotopic (exact) mass is 314 g/mol. The van der Waals surface area contributed by atoms with Gasteiger partial charge in [-0.1, -0.05) is 17.0 Å². The molecule has 0 N–H and O–H groups in total. The Bertz CT molecular complexity index is 771. The van der Waals surface area contributed by atoms with Crippen molar-refractivity contribution >= 4 is 23.3 Å². The third kappa shape index (κ3) is 3.91. The van der Waals surface area contributed by atoms with Gasteiger partial charge >= 0.3 is 11.9 Å². The van der Waals surface area contributed by atoms with Crippen molar-refractivity contribution in [1.29, 1.82) is 0 Å². The highest BCUT2D eigenvalue weighted by atomic mass is 16.5. The van der Waals surface area contributed by atoms with E-state index in [2.05, 4.69) is 14.6 Å². The molecule has 0 unspecified atom stereocenters. The lowest BCUT2D eigenvalue weighted by atomic mass is 10.2. The van der Waals surface area contributed by atoms with Crippen molar-refractivity contribution < 1.29 is 23.9 Å². The second kappa shape index (κ2) is 7.17. The van der Waals surface area contributed by atoms with Crippen LogP contribution in [0, 0.1) is 5.21 Å². The maximum absolute atomic E-state index is 12.1. The van der Waals surface area contributed by atoms with Gasteiger partial charge in [0.1, 0.15) is 5.69 Å². The highest BCUT2D eigenvalue weighted by Crippen LogP contribution is 2.20. The van der Waals surface area contributed by atoms with Gasteiger partial charge in [-0.25, -0.2) is 9.59 Å². The Morgan fingerprint density at radius 2 is 1.52 bits per heavy atom. The Labute approximate surface area is 132 Å². The molecule has 0 aliphatic heterocycles. The molecule has 0 heterocycles. The Balaban J connectivity index is 2.33. The van der Waals surface area contributed by atoms with Crippen molar-refractivity contribution in [3.8, 4) is 0 Å². The molecular formula is C16H14N2O5. The van der Waals surface area contributed by atoms with E-state index in [0.717, 1.165) is 0 Å². The Hall–Kier alpha value is -3.22. The molecule has 7 nitrogen and oxygen atoms in total. The Kier molecular flexibility index (Phi) is 5.03. The third-order valence-electron chi connectivity index (χ3n) is 2.96. The predicted octanol–water partition coefficient (Wildman–Crippen LogP) is 3.19. The fourth-order valence-electron chi connectivity index (χ4n) is 1.85. The third-order valence-corrected chi connectivity index (χ3v) is 2.96. The summed E-state index contributed by atoms with van der Waals surface area (Å²) in [5, 5.41) is 16.0. The molecule has 0 aliphatic carbocycles. The van der Waals surface area contributed by atoms with Crippen LogP contribution in [0.25, 0.3) is 0 Å². The van der Waals surface area contributed by atoms with Crippen LogP contribution in [0.3, 0.4) is 0 Å². The van der Waals surface area contributed by atoms with Gasteiger partial charge in [-0.05, 0) is 24.3 Å². The first-order chi connectivity index (χ1) is 11.0. The number of rotatable bonds is 4. The molecule has 7 heteroatoms. The molecule has 2 rings (SSSR count). The Morgan fingerprint density at radius 3 is 2.13 bits per heavy atom. The first-order valence-corrected chi connectivity index (χ1v) is 6.61. The number of benzene rings is 2. The molecule has 0 bridgehead atoms. The van der Waals surface area contributed by atoms with Gasteiger partial charge in [0.05, 0.1) is 25.3 Å². The lowest BCUT2D eigenvalue weighted by Gasteiger charge is -2.03. The number of azo groups is 1. The lowest BCUT2D eigenvalue weighted by Crippen LogP contribution is -2.02. The summed E-state index contributed by atoms with van der Waals surface area (Å²) in [6.45, 7) is 0. The van der Waals surface area contributed by atoms with Crippen molar-refractivity contribution in [2.45, 2.75) is 0 Å². The SMILES string of the molecule is COC(=O)c1cccc(N=[N+]([O-])c2cccc(C(=O)OC)c2)c1. The molecule has 0 fully saturated rings. The van der Waals surface area contributed by atoms with Crippen LogP contribution in [0.5, 0.6) is 0 Å². The second-order valence-corrected chi connectivity index (χ2v) is 4.46. The number of hydrogen-bond acceptors (Lipinski definition) is 6. The molecule has 2 aromatic rings. The van der Waals surface area contributed by atoms with Crippen LogP contribution >= 0.6 is 0 Å². The fourth-order valence-corrected chi connectivity index (χ4v) is 1.85. The first kappa shape index (κ1) is 16.2. The number of methoxy groups -OCH3 is 2. The van der Waals surface area contributed by atoms with E-state index < -0.39 is 11.9 Å². The van der Waals surface area contributed by atoms with Crippen LogP contribution in [0.4, 0.5) is 11.4 Å². The van der Waals surface area contributed by atoms with E-state index in [9.17, 15) is 14.8 Å². The average molecular weight is 314 g/mol. The summed E-state index contributed by atoms with van der Waals surface area (Å²) in [4.78, 5) is 23.3. The zero-order chi connectivity index (χ0) is 16.8. The number of nitrogens with zero attached hydrogens (tertiary/aromatic N) is 2. The van der Waals surface area contributed by atoms with E-state index >= 15 is 0 Å². The minimum Gasteiger partial charge on any atom is -0.594 e. The molecule has 2 aromatic carbocycles. The predicted molar refractivity (Wildman–Crippen MR) is 80.9 cm³/mol. The topological polar surface area (TPSA) is 91.0 Å². The summed E-state index contributed by atoms with van der Waals surface area (Å²) in [5.41, 5.74) is 0.970. The van der Waals surface area contributed by atoms with Gasteiger partial charge in [0.2, 0.25) is 5.69 Å². The van der Waals surface area contributed by atoms with Gasteiger partial charge < -0.3 is 14.7 Å². The van der Waals surface area contributed by atoms with Crippen LogP contribution < -0.4 is 0 Å². The van der Waals surface area contributed by atoms with Crippen molar-refractivity contribution in [2.24, 2.45) is 5.11 Å². The molecule has 0 amide bonds. The minimum absolute atomic E-state index is 0.163. The lowest BCUT2D eigenvalue weighted by molar-refractivity contribution is -0.435. The van der Waals surface area contributed by atoms with E-state index in [1.165, 1.54) is 38.5 Å². The minimum atomic E-state index is -0.548. The molecule has 0 atom stereocenters. The van der Waals surface area contributed by atoms with Gasteiger partial charge in [0.25, 0.3) is 0 Å². The van der Waals surface area contributed by atoms with Crippen LogP contribution in [0.1, 0.15) is 20.7 Å². The van der Waals surface area contributed by atoms with Crippen molar-refractivity contribution in [1.82, 2.24) is 0 Å². The molecule has 0 saturated carbocycles. The summed E-state index contributed by atoms with van der Waals surface area (Å²) < 4.78 is 9.21. The van der Waals surface area contributed by atoms with E-state index in [-0.39, 0.29) is 22.5 Å². The van der Waals surface area contributed by atoms with Crippen LogP contribution in [0.15, 0.2) is 53.6 Å². The summed E-state index contributed by atoms with van der Waals surface area (Å²) in [7, 11) is 2.52. The van der Waals surface area contributed by atoms with E-state index in [4.69, 9.17) is 0 Å². The second-order valence-electron chi connectivity index (χ2n) is 4.46. The fraction of sp³-hybridized carbons (Fsp3) is 0.125. The maximum atomic E-state index is 12.1. The van der Waals surface area contributed by atoms with Crippen LogP contribution in [0.2, 0.25) is 0 Å². The quantitative estimate of drug-likeness (QED) is 0.374. The van der Waals surface area contributed by atoms with Crippen molar-refractivity contribution in [3.05, 3.63) is 64.9 Å². The van der Waals surface area contributed by atoms with Crippen LogP contribution in [-0.4, -0.2) is 31.0 Å². The zero-order valence-corrected chi connectivity index (χ0v) is 12.6. The number of carbonyl (C=O) groups is 2. The molecule has 0 saturated heterocycles. The summed E-state index contributed by atoms with van der Waals surface area (Å²) in [5.74, 6) is -1.07. The van der Waals surface area contributed by atoms with Gasteiger partial charge in [0.15, 0.2) is 0 Å². The highest BCUT2D eigenvalue weighted by Gasteiger charge is 2.12. The molecule has 23 heavy (non-hydrogen) atoms. The van der Waals surface area contributed by atoms with E-state index in [1.807, 2.05) is 0 Å². The van der Waals surface area contributed by atoms with E-state index in [1.54, 1.807) is 24.3 Å². The Morgan fingerprint density at radius 1 is 0.957 bits per heavy atom. The molecule has 0 spiro atoms. The molecule has 118 valence electrons. The molecular weight excluding hydrogens is 300 g/mol. The molecule has 0 radical (unpaired) electrons. The van der Waals surface area contributed by atoms with Crippen molar-refractivity contribution in [2.75, 3.05) is 14.2 Å². The largest absolute Gasteiger partial charge is 0.594 e. The van der Waals surface area contributed by atoms with Gasteiger partial charge in [-0.3, -0.25) is 0 Å². The maximum Gasteiger partial charge on any atom is 0.338 e. The van der Waals surface area contributed by atoms with Gasteiger partial charge in [-0.15, -0.1) is 0 Å². The number of hydrogen-bond donors (Lipinski definition) is 0. The normalized spacial score (nSPS) is 11.0. The van der Waals surface area contributed by atoms with Gasteiger partial charge in [-0.2, -0.15) is 0 Å². The van der Waals surface area contributed by atoms with Gasteiger partial charge in [0, 0.05) is 17.2 Å². The van der Waals surface area contributed by atoms with Crippen LogP contribution in [-0.2, 0) is 9.47 Å². The van der Waals surface area contributed by atoms with Crippen molar-refractivity contribution in [3.63, 3.8) is 0 Å². The summed E-state index contributed by atoms with van der Waals surface area (Å²) in [6.07, 6.45) is 0. The molecule has 0 aliphatic rings. The smallest absolute Gasteiger partial charge is 0.338 e. The van der Waals surface area contributed by atoms with E-state index in [0.29, 0.717) is 4.86 Å². The first-order valence-electron chi connectivity index (χ1n) is 6.61. The summed E-state index contributed by atoms with van der Waals surface area (Å²) >= 11 is 0. The number of ether oxygens (including phenoxy) is 2. The highest BCUT2D eigenvalue weighted by molar-refractivity contribution is 5.90. The number of esters is 2. The summed E-state index contributed by atoms with van der Waals surface area (Å²) in [6, 6.07) is 12.1. The zero-order valence-electron chi connectivity index (χ0n) is 12.6. The number of carbonyl (C=O) groups excluding carboxylic acids is 2. The average Bonchev–Trinajstić information content (AvgIpc) is 2.60. The molecule has 0 aromatic heterocycles. The standard InChI is InChI=1S/C16H14N2O5/c1-22-15(19)11-5-3-7-13(9-11)17-18(21)14-8-4-6-12(10-14)16(20)23-2/h3-10H,1-2H3.